The highest BCUT2D eigenvalue weighted by Crippen LogP contribution is 2.16. The summed E-state index contributed by atoms with van der Waals surface area (Å²) in [5, 5.41) is 3.02. The average molecular weight is 229 g/mol. The average Bonchev–Trinajstić information content (AvgIpc) is 2.83. The summed E-state index contributed by atoms with van der Waals surface area (Å²) in [6, 6.07) is 13.3. The molecule has 0 aliphatic heterocycles. The quantitative estimate of drug-likeness (QED) is 0.628. The smallest absolute Gasteiger partial charge is 0.193 e. The van der Waals surface area contributed by atoms with Gasteiger partial charge in [-0.05, 0) is 31.2 Å². The molecule has 1 unspecified atom stereocenters. The van der Waals surface area contributed by atoms with Gasteiger partial charge >= 0.3 is 0 Å². The predicted molar refractivity (Wildman–Crippen MR) is 68.8 cm³/mol. The van der Waals surface area contributed by atoms with Crippen LogP contribution in [0.15, 0.2) is 58.1 Å². The van der Waals surface area contributed by atoms with Crippen LogP contribution in [0.2, 0.25) is 0 Å². The van der Waals surface area contributed by atoms with Gasteiger partial charge in [-0.25, -0.2) is 4.99 Å². The maximum absolute atomic E-state index is 5.81. The second-order valence-corrected chi connectivity index (χ2v) is 3.70. The van der Waals surface area contributed by atoms with E-state index in [0.29, 0.717) is 5.96 Å². The van der Waals surface area contributed by atoms with E-state index in [0.717, 1.165) is 11.4 Å². The number of hydrogen-bond donors (Lipinski definition) is 2. The number of hydrogen-bond acceptors (Lipinski definition) is 2. The van der Waals surface area contributed by atoms with Crippen molar-refractivity contribution in [2.75, 3.05) is 5.32 Å². The van der Waals surface area contributed by atoms with Crippen LogP contribution in [-0.2, 0) is 0 Å². The van der Waals surface area contributed by atoms with Crippen LogP contribution in [0.4, 0.5) is 5.69 Å². The Morgan fingerprint density at radius 3 is 2.65 bits per heavy atom. The van der Waals surface area contributed by atoms with E-state index in [9.17, 15) is 0 Å². The van der Waals surface area contributed by atoms with E-state index in [1.807, 2.05) is 49.4 Å². The molecule has 0 aliphatic carbocycles. The molecule has 4 heteroatoms. The molecule has 17 heavy (non-hydrogen) atoms. The van der Waals surface area contributed by atoms with Gasteiger partial charge in [-0.3, -0.25) is 0 Å². The Kier molecular flexibility index (Phi) is 3.45. The lowest BCUT2D eigenvalue weighted by Crippen LogP contribution is -2.23. The number of furan rings is 1. The maximum atomic E-state index is 5.81. The molecular formula is C13H15N3O. The third-order valence-corrected chi connectivity index (χ3v) is 2.33. The van der Waals surface area contributed by atoms with Crippen molar-refractivity contribution in [1.82, 2.24) is 0 Å². The van der Waals surface area contributed by atoms with E-state index in [1.54, 1.807) is 6.26 Å². The zero-order valence-electron chi connectivity index (χ0n) is 9.63. The number of anilines is 1. The van der Waals surface area contributed by atoms with Crippen LogP contribution in [0.3, 0.4) is 0 Å². The molecule has 0 amide bonds. The van der Waals surface area contributed by atoms with Crippen LogP contribution in [0.1, 0.15) is 18.7 Å². The summed E-state index contributed by atoms with van der Waals surface area (Å²) >= 11 is 0. The number of nitrogens with two attached hydrogens (primary N) is 1. The fourth-order valence-corrected chi connectivity index (χ4v) is 1.50. The number of nitrogens with one attached hydrogen (secondary N) is 1. The van der Waals surface area contributed by atoms with Crippen molar-refractivity contribution in [3.05, 3.63) is 54.5 Å². The first kappa shape index (κ1) is 11.3. The van der Waals surface area contributed by atoms with E-state index < -0.39 is 0 Å². The molecule has 0 aliphatic rings. The minimum atomic E-state index is -0.0961. The molecule has 2 rings (SSSR count). The summed E-state index contributed by atoms with van der Waals surface area (Å²) in [5.41, 5.74) is 6.73. The first-order valence-corrected chi connectivity index (χ1v) is 5.44. The molecule has 1 atom stereocenters. The SMILES string of the molecule is CC(N=C(N)Nc1ccccc1)c1ccco1. The molecule has 0 saturated carbocycles. The summed E-state index contributed by atoms with van der Waals surface area (Å²) in [6.45, 7) is 1.93. The van der Waals surface area contributed by atoms with Gasteiger partial charge in [-0.2, -0.15) is 0 Å². The molecule has 4 nitrogen and oxygen atoms in total. The number of rotatable bonds is 3. The monoisotopic (exact) mass is 229 g/mol. The van der Waals surface area contributed by atoms with Gasteiger partial charge in [0.15, 0.2) is 5.96 Å². The topological polar surface area (TPSA) is 63.5 Å². The van der Waals surface area contributed by atoms with Crippen molar-refractivity contribution in [2.24, 2.45) is 10.7 Å². The van der Waals surface area contributed by atoms with Crippen LogP contribution < -0.4 is 11.1 Å². The Bertz CT molecular complexity index is 477. The number of benzene rings is 1. The van der Waals surface area contributed by atoms with Crippen molar-refractivity contribution < 1.29 is 4.42 Å². The van der Waals surface area contributed by atoms with Gasteiger partial charge in [0.2, 0.25) is 0 Å². The zero-order valence-corrected chi connectivity index (χ0v) is 9.63. The Morgan fingerprint density at radius 1 is 1.24 bits per heavy atom. The normalized spacial score (nSPS) is 13.4. The Balaban J connectivity index is 2.02. The molecule has 1 aromatic carbocycles. The van der Waals surface area contributed by atoms with Gasteiger partial charge in [-0.15, -0.1) is 0 Å². The Labute approximate surface area is 100 Å². The van der Waals surface area contributed by atoms with Crippen molar-refractivity contribution in [3.63, 3.8) is 0 Å². The fourth-order valence-electron chi connectivity index (χ4n) is 1.50. The zero-order chi connectivity index (χ0) is 12.1. The third-order valence-electron chi connectivity index (χ3n) is 2.33. The van der Waals surface area contributed by atoms with Gasteiger partial charge in [0, 0.05) is 5.69 Å². The lowest BCUT2D eigenvalue weighted by atomic mass is 10.3. The summed E-state index contributed by atoms with van der Waals surface area (Å²) < 4.78 is 5.26. The molecule has 0 fully saturated rings. The van der Waals surface area contributed by atoms with Crippen molar-refractivity contribution in [2.45, 2.75) is 13.0 Å². The molecule has 0 spiro atoms. The van der Waals surface area contributed by atoms with Gasteiger partial charge in [0.05, 0.1) is 6.26 Å². The molecule has 1 aromatic heterocycles. The Morgan fingerprint density at radius 2 is 2.00 bits per heavy atom. The van der Waals surface area contributed by atoms with Crippen LogP contribution in [0.5, 0.6) is 0 Å². The highest BCUT2D eigenvalue weighted by Gasteiger charge is 2.06. The van der Waals surface area contributed by atoms with Crippen LogP contribution in [0, 0.1) is 0 Å². The minimum absolute atomic E-state index is 0.0961. The second kappa shape index (κ2) is 5.21. The van der Waals surface area contributed by atoms with Crippen molar-refractivity contribution in [3.8, 4) is 0 Å². The van der Waals surface area contributed by atoms with Gasteiger partial charge in [0.25, 0.3) is 0 Å². The molecule has 2 aromatic rings. The van der Waals surface area contributed by atoms with Gasteiger partial charge in [-0.1, -0.05) is 18.2 Å². The lowest BCUT2D eigenvalue weighted by molar-refractivity contribution is 0.481. The van der Waals surface area contributed by atoms with Crippen LogP contribution >= 0.6 is 0 Å². The van der Waals surface area contributed by atoms with E-state index in [-0.39, 0.29) is 6.04 Å². The van der Waals surface area contributed by atoms with Gasteiger partial charge in [0.1, 0.15) is 11.8 Å². The summed E-state index contributed by atoms with van der Waals surface area (Å²) in [4.78, 5) is 4.30. The molecule has 3 N–H and O–H groups in total. The number of para-hydroxylation sites is 1. The first-order valence-electron chi connectivity index (χ1n) is 5.44. The molecule has 88 valence electrons. The molecule has 1 heterocycles. The molecular weight excluding hydrogens is 214 g/mol. The highest BCUT2D eigenvalue weighted by molar-refractivity contribution is 5.92. The molecule has 0 saturated heterocycles. The van der Waals surface area contributed by atoms with E-state index in [1.165, 1.54) is 0 Å². The first-order chi connectivity index (χ1) is 8.25. The fraction of sp³-hybridized carbons (Fsp3) is 0.154. The van der Waals surface area contributed by atoms with E-state index in [2.05, 4.69) is 10.3 Å². The number of aliphatic imine (C=N–C) groups is 1. The maximum Gasteiger partial charge on any atom is 0.193 e. The number of guanidine groups is 1. The van der Waals surface area contributed by atoms with E-state index in [4.69, 9.17) is 10.2 Å². The van der Waals surface area contributed by atoms with Crippen molar-refractivity contribution >= 4 is 11.6 Å². The molecule has 0 radical (unpaired) electrons. The summed E-state index contributed by atoms with van der Waals surface area (Å²) in [5.74, 6) is 1.17. The standard InChI is InChI=1S/C13H15N3O/c1-10(12-8-5-9-17-12)15-13(14)16-11-6-3-2-4-7-11/h2-10H,1H3,(H3,14,15,16). The second-order valence-electron chi connectivity index (χ2n) is 3.70. The highest BCUT2D eigenvalue weighted by atomic mass is 16.3. The van der Waals surface area contributed by atoms with Gasteiger partial charge < -0.3 is 15.5 Å². The Hall–Kier alpha value is -2.23. The largest absolute Gasteiger partial charge is 0.467 e. The minimum Gasteiger partial charge on any atom is -0.467 e. The van der Waals surface area contributed by atoms with Crippen LogP contribution in [-0.4, -0.2) is 5.96 Å². The lowest BCUT2D eigenvalue weighted by Gasteiger charge is -2.07. The number of nitrogens with zero attached hydrogens (tertiary/aromatic N) is 1. The summed E-state index contributed by atoms with van der Waals surface area (Å²) in [6.07, 6.45) is 1.63. The van der Waals surface area contributed by atoms with Crippen LogP contribution in [0.25, 0.3) is 0 Å². The predicted octanol–water partition coefficient (Wildman–Crippen LogP) is 2.77. The van der Waals surface area contributed by atoms with E-state index >= 15 is 0 Å². The molecule has 0 bridgehead atoms. The third kappa shape index (κ3) is 3.11. The van der Waals surface area contributed by atoms with Crippen molar-refractivity contribution in [1.29, 1.82) is 0 Å². The summed E-state index contributed by atoms with van der Waals surface area (Å²) in [7, 11) is 0.